The third kappa shape index (κ3) is 4.55. The van der Waals surface area contributed by atoms with Crippen molar-refractivity contribution in [3.63, 3.8) is 0 Å². The highest BCUT2D eigenvalue weighted by Gasteiger charge is 2.08. The molecule has 0 aliphatic rings. The van der Waals surface area contributed by atoms with Crippen LogP contribution < -0.4 is 10.6 Å². The van der Waals surface area contributed by atoms with Gasteiger partial charge in [-0.1, -0.05) is 0 Å². The van der Waals surface area contributed by atoms with Gasteiger partial charge in [0, 0.05) is 17.8 Å². The average molecular weight is 370 g/mol. The fraction of sp³-hybridized carbons (Fsp3) is 0.105. The number of carbonyl (C=O) groups is 1. The summed E-state index contributed by atoms with van der Waals surface area (Å²) >= 11 is 0. The van der Waals surface area contributed by atoms with E-state index in [1.54, 1.807) is 37.3 Å². The topological polar surface area (TPSA) is 76.1 Å². The highest BCUT2D eigenvalue weighted by molar-refractivity contribution is 5.89. The van der Waals surface area contributed by atoms with E-state index in [1.165, 1.54) is 13.2 Å². The van der Waals surface area contributed by atoms with Crippen LogP contribution in [0.3, 0.4) is 0 Å². The zero-order valence-corrected chi connectivity index (χ0v) is 14.6. The standard InChI is InChI=1S/C19H16F2N4O2/c1-11-22-17(24-14-6-3-12(4-7-14)19(26)27-2)10-18(23-11)25-16-8-5-13(20)9-15(16)21/h3-10H,1-2H3,(H2,22,23,24,25). The molecule has 0 saturated heterocycles. The van der Waals surface area contributed by atoms with Gasteiger partial charge in [0.15, 0.2) is 0 Å². The molecule has 0 fully saturated rings. The van der Waals surface area contributed by atoms with E-state index in [2.05, 4.69) is 25.3 Å². The average Bonchev–Trinajstić information content (AvgIpc) is 2.63. The van der Waals surface area contributed by atoms with E-state index in [0.29, 0.717) is 28.7 Å². The Morgan fingerprint density at radius 3 is 2.26 bits per heavy atom. The Morgan fingerprint density at radius 2 is 1.63 bits per heavy atom. The molecule has 6 nitrogen and oxygen atoms in total. The lowest BCUT2D eigenvalue weighted by Gasteiger charge is -2.11. The third-order valence-electron chi connectivity index (χ3n) is 3.61. The molecule has 138 valence electrons. The molecule has 3 rings (SSSR count). The molecule has 2 aromatic carbocycles. The number of carbonyl (C=O) groups excluding carboxylic acids is 1. The van der Waals surface area contributed by atoms with Crippen molar-refractivity contribution in [1.82, 2.24) is 9.97 Å². The molecule has 0 bridgehead atoms. The minimum atomic E-state index is -0.723. The van der Waals surface area contributed by atoms with E-state index in [1.807, 2.05) is 0 Å². The number of benzene rings is 2. The van der Waals surface area contributed by atoms with Crippen LogP contribution >= 0.6 is 0 Å². The van der Waals surface area contributed by atoms with E-state index < -0.39 is 17.6 Å². The molecule has 0 saturated carbocycles. The van der Waals surface area contributed by atoms with Crippen molar-refractivity contribution in [3.8, 4) is 0 Å². The number of ether oxygens (including phenoxy) is 1. The Bertz CT molecular complexity index is 978. The first-order valence-corrected chi connectivity index (χ1v) is 7.98. The maximum Gasteiger partial charge on any atom is 0.337 e. The number of nitrogens with one attached hydrogen (secondary N) is 2. The van der Waals surface area contributed by atoms with Gasteiger partial charge in [-0.25, -0.2) is 23.5 Å². The smallest absolute Gasteiger partial charge is 0.337 e. The van der Waals surface area contributed by atoms with Gasteiger partial charge in [-0.05, 0) is 43.3 Å². The maximum atomic E-state index is 13.8. The van der Waals surface area contributed by atoms with Crippen LogP contribution in [-0.2, 0) is 4.74 Å². The van der Waals surface area contributed by atoms with Gasteiger partial charge >= 0.3 is 5.97 Å². The van der Waals surface area contributed by atoms with Gasteiger partial charge in [0.2, 0.25) is 0 Å². The summed E-state index contributed by atoms with van der Waals surface area (Å²) in [5, 5.41) is 5.89. The Balaban J connectivity index is 1.79. The van der Waals surface area contributed by atoms with Crippen molar-refractivity contribution < 1.29 is 18.3 Å². The fourth-order valence-electron chi connectivity index (χ4n) is 2.38. The van der Waals surface area contributed by atoms with Crippen LogP contribution in [0.15, 0.2) is 48.5 Å². The van der Waals surface area contributed by atoms with E-state index in [-0.39, 0.29) is 5.69 Å². The Morgan fingerprint density at radius 1 is 0.963 bits per heavy atom. The van der Waals surface area contributed by atoms with Gasteiger partial charge in [0.1, 0.15) is 29.1 Å². The van der Waals surface area contributed by atoms with Crippen molar-refractivity contribution in [3.05, 3.63) is 71.6 Å². The molecular weight excluding hydrogens is 354 g/mol. The number of aryl methyl sites for hydroxylation is 1. The van der Waals surface area contributed by atoms with Crippen molar-refractivity contribution in [1.29, 1.82) is 0 Å². The molecule has 0 unspecified atom stereocenters. The summed E-state index contributed by atoms with van der Waals surface area (Å²) < 4.78 is 31.5. The van der Waals surface area contributed by atoms with Gasteiger partial charge in [0.05, 0.1) is 18.4 Å². The number of halogens is 2. The van der Waals surface area contributed by atoms with Crippen LogP contribution in [0.1, 0.15) is 16.2 Å². The quantitative estimate of drug-likeness (QED) is 0.651. The van der Waals surface area contributed by atoms with E-state index in [0.717, 1.165) is 12.1 Å². The number of methoxy groups -OCH3 is 1. The zero-order valence-electron chi connectivity index (χ0n) is 14.6. The lowest BCUT2D eigenvalue weighted by molar-refractivity contribution is 0.0601. The Hall–Kier alpha value is -3.55. The van der Waals surface area contributed by atoms with Gasteiger partial charge < -0.3 is 15.4 Å². The number of rotatable bonds is 5. The SMILES string of the molecule is COC(=O)c1ccc(Nc2cc(Nc3ccc(F)cc3F)nc(C)n2)cc1. The molecule has 8 heteroatoms. The lowest BCUT2D eigenvalue weighted by atomic mass is 10.2. The number of anilines is 4. The number of hydrogen-bond donors (Lipinski definition) is 2. The minimum Gasteiger partial charge on any atom is -0.465 e. The predicted molar refractivity (Wildman–Crippen MR) is 97.5 cm³/mol. The molecule has 1 heterocycles. The zero-order chi connectivity index (χ0) is 19.4. The summed E-state index contributed by atoms with van der Waals surface area (Å²) in [7, 11) is 1.32. The monoisotopic (exact) mass is 370 g/mol. The molecule has 0 spiro atoms. The van der Waals surface area contributed by atoms with Crippen LogP contribution in [-0.4, -0.2) is 23.0 Å². The highest BCUT2D eigenvalue weighted by atomic mass is 19.1. The van der Waals surface area contributed by atoms with Crippen LogP contribution in [0.2, 0.25) is 0 Å². The molecule has 3 aromatic rings. The van der Waals surface area contributed by atoms with Crippen LogP contribution in [0.25, 0.3) is 0 Å². The fourth-order valence-corrected chi connectivity index (χ4v) is 2.38. The molecule has 0 aliphatic carbocycles. The van der Waals surface area contributed by atoms with Gasteiger partial charge in [-0.3, -0.25) is 0 Å². The molecule has 0 radical (unpaired) electrons. The third-order valence-corrected chi connectivity index (χ3v) is 3.61. The van der Waals surface area contributed by atoms with E-state index in [9.17, 15) is 13.6 Å². The summed E-state index contributed by atoms with van der Waals surface area (Å²) in [6.07, 6.45) is 0. The number of nitrogens with zero attached hydrogens (tertiary/aromatic N) is 2. The minimum absolute atomic E-state index is 0.0999. The van der Waals surface area contributed by atoms with Crippen LogP contribution in [0.4, 0.5) is 31.8 Å². The van der Waals surface area contributed by atoms with Gasteiger partial charge in [-0.2, -0.15) is 0 Å². The van der Waals surface area contributed by atoms with Crippen LogP contribution in [0.5, 0.6) is 0 Å². The Labute approximate surface area is 154 Å². The van der Waals surface area contributed by atoms with Gasteiger partial charge in [0.25, 0.3) is 0 Å². The van der Waals surface area contributed by atoms with Gasteiger partial charge in [-0.15, -0.1) is 0 Å². The van der Waals surface area contributed by atoms with Crippen molar-refractivity contribution in [2.24, 2.45) is 0 Å². The molecule has 2 N–H and O–H groups in total. The number of esters is 1. The normalized spacial score (nSPS) is 10.4. The second kappa shape index (κ2) is 7.77. The molecular formula is C19H16F2N4O2. The van der Waals surface area contributed by atoms with E-state index >= 15 is 0 Å². The largest absolute Gasteiger partial charge is 0.465 e. The first-order chi connectivity index (χ1) is 12.9. The van der Waals surface area contributed by atoms with E-state index in [4.69, 9.17) is 0 Å². The van der Waals surface area contributed by atoms with Crippen molar-refractivity contribution >= 4 is 29.0 Å². The van der Waals surface area contributed by atoms with Crippen molar-refractivity contribution in [2.45, 2.75) is 6.92 Å². The first-order valence-electron chi connectivity index (χ1n) is 7.98. The maximum absolute atomic E-state index is 13.8. The number of aromatic nitrogens is 2. The predicted octanol–water partition coefficient (Wildman–Crippen LogP) is 4.34. The number of hydrogen-bond acceptors (Lipinski definition) is 6. The summed E-state index contributed by atoms with van der Waals surface area (Å²) in [4.78, 5) is 19.9. The second-order valence-corrected chi connectivity index (χ2v) is 5.63. The molecule has 0 amide bonds. The summed E-state index contributed by atoms with van der Waals surface area (Å²) in [5.41, 5.74) is 1.22. The van der Waals surface area contributed by atoms with Crippen molar-refractivity contribution in [2.75, 3.05) is 17.7 Å². The summed E-state index contributed by atoms with van der Waals surface area (Å²) in [6, 6.07) is 11.5. The molecule has 0 aliphatic heterocycles. The molecule has 27 heavy (non-hydrogen) atoms. The first kappa shape index (κ1) is 18.2. The Kier molecular flexibility index (Phi) is 5.25. The lowest BCUT2D eigenvalue weighted by Crippen LogP contribution is -2.03. The summed E-state index contributed by atoms with van der Waals surface area (Å²) in [6.45, 7) is 1.69. The molecule has 1 aromatic heterocycles. The molecule has 0 atom stereocenters. The van der Waals surface area contributed by atoms with Crippen LogP contribution in [0, 0.1) is 18.6 Å². The summed E-state index contributed by atoms with van der Waals surface area (Å²) in [5.74, 6) is -0.530. The highest BCUT2D eigenvalue weighted by Crippen LogP contribution is 2.23. The second-order valence-electron chi connectivity index (χ2n) is 5.63.